The largest absolute Gasteiger partial charge is 0.378 e. The quantitative estimate of drug-likeness (QED) is 0.900. The number of nitrogens with one attached hydrogen (secondary N) is 1. The molecule has 2 aliphatic rings. The van der Waals surface area contributed by atoms with Crippen LogP contribution in [-0.2, 0) is 16.1 Å². The second kappa shape index (κ2) is 6.52. The number of thiophene rings is 1. The van der Waals surface area contributed by atoms with Crippen LogP contribution in [0.2, 0.25) is 0 Å². The molecule has 26 heavy (non-hydrogen) atoms. The van der Waals surface area contributed by atoms with Gasteiger partial charge in [0.15, 0.2) is 0 Å². The monoisotopic (exact) mass is 369 g/mol. The molecule has 1 aromatic carbocycles. The summed E-state index contributed by atoms with van der Waals surface area (Å²) in [4.78, 5) is 19.5. The van der Waals surface area contributed by atoms with Crippen molar-refractivity contribution in [2.45, 2.75) is 39.5 Å². The molecule has 1 N–H and O–H groups in total. The normalized spacial score (nSPS) is 26.0. The molecule has 2 aromatic rings. The molecule has 1 aliphatic heterocycles. The third-order valence-electron chi connectivity index (χ3n) is 5.33. The van der Waals surface area contributed by atoms with E-state index in [1.165, 1.54) is 16.7 Å². The maximum absolute atomic E-state index is 12.5. The first-order valence-corrected chi connectivity index (χ1v) is 9.72. The number of carbonyl (C=O) groups is 1. The topological polar surface area (TPSA) is 53.9 Å². The van der Waals surface area contributed by atoms with Gasteiger partial charge in [-0.25, -0.2) is 4.99 Å². The van der Waals surface area contributed by atoms with Crippen LogP contribution in [0.3, 0.4) is 0 Å². The van der Waals surface area contributed by atoms with Crippen molar-refractivity contribution in [3.05, 3.63) is 51.2 Å². The minimum Gasteiger partial charge on any atom is -0.378 e. The van der Waals surface area contributed by atoms with Crippen LogP contribution in [0.25, 0.3) is 0 Å². The predicted molar refractivity (Wildman–Crippen MR) is 104 cm³/mol. The maximum Gasteiger partial charge on any atom is 0.234 e. The van der Waals surface area contributed by atoms with E-state index in [4.69, 9.17) is 9.73 Å². The SMILES string of the molecule is COC1C2C(=O)NC(=Nc3cc(C)c(C)cc3C)N(Cc3ccsc3)C12. The Morgan fingerprint density at radius 3 is 2.69 bits per heavy atom. The van der Waals surface area contributed by atoms with E-state index in [2.05, 4.69) is 59.9 Å². The molecule has 1 saturated carbocycles. The number of aryl methyl sites for hydroxylation is 3. The van der Waals surface area contributed by atoms with Crippen LogP contribution in [0.1, 0.15) is 22.3 Å². The number of nitrogens with zero attached hydrogens (tertiary/aromatic N) is 2. The summed E-state index contributed by atoms with van der Waals surface area (Å²) in [5.74, 6) is 0.510. The second-order valence-corrected chi connectivity index (χ2v) is 7.90. The summed E-state index contributed by atoms with van der Waals surface area (Å²) in [5.41, 5.74) is 5.66. The van der Waals surface area contributed by atoms with Crippen molar-refractivity contribution in [1.29, 1.82) is 0 Å². The number of guanidine groups is 1. The van der Waals surface area contributed by atoms with E-state index in [0.717, 1.165) is 11.3 Å². The summed E-state index contributed by atoms with van der Waals surface area (Å²) in [5, 5.41) is 7.21. The number of benzene rings is 1. The molecule has 1 saturated heterocycles. The van der Waals surface area contributed by atoms with Gasteiger partial charge in [-0.1, -0.05) is 6.07 Å². The highest BCUT2D eigenvalue weighted by Crippen LogP contribution is 2.42. The highest BCUT2D eigenvalue weighted by atomic mass is 32.1. The number of amides is 1. The van der Waals surface area contributed by atoms with Crippen molar-refractivity contribution < 1.29 is 9.53 Å². The summed E-state index contributed by atoms with van der Waals surface area (Å²) in [6.45, 7) is 6.95. The molecular weight excluding hydrogens is 346 g/mol. The molecule has 0 radical (unpaired) electrons. The number of methoxy groups -OCH3 is 1. The molecule has 1 amide bonds. The van der Waals surface area contributed by atoms with Gasteiger partial charge in [-0.2, -0.15) is 11.3 Å². The molecule has 1 aliphatic carbocycles. The minimum atomic E-state index is -0.113. The first-order valence-electron chi connectivity index (χ1n) is 8.77. The lowest BCUT2D eigenvalue weighted by Crippen LogP contribution is -2.51. The Bertz CT molecular complexity index is 875. The van der Waals surface area contributed by atoms with Gasteiger partial charge in [0.05, 0.1) is 23.8 Å². The summed E-state index contributed by atoms with van der Waals surface area (Å²) in [6, 6.07) is 6.39. The number of hydrogen-bond acceptors (Lipinski definition) is 4. The number of ether oxygens (including phenoxy) is 1. The summed E-state index contributed by atoms with van der Waals surface area (Å²) < 4.78 is 5.53. The average Bonchev–Trinajstić information content (AvgIpc) is 3.12. The van der Waals surface area contributed by atoms with Gasteiger partial charge >= 0.3 is 0 Å². The Balaban J connectivity index is 1.72. The lowest BCUT2D eigenvalue weighted by Gasteiger charge is -2.29. The minimum absolute atomic E-state index is 0.00338. The fourth-order valence-corrected chi connectivity index (χ4v) is 4.33. The Morgan fingerprint density at radius 1 is 1.23 bits per heavy atom. The van der Waals surface area contributed by atoms with E-state index in [9.17, 15) is 4.79 Å². The first kappa shape index (κ1) is 17.2. The predicted octanol–water partition coefficient (Wildman–Crippen LogP) is 3.31. The van der Waals surface area contributed by atoms with Crippen LogP contribution in [0.15, 0.2) is 34.0 Å². The lowest BCUT2D eigenvalue weighted by molar-refractivity contribution is -0.122. The van der Waals surface area contributed by atoms with Crippen molar-refractivity contribution in [2.75, 3.05) is 7.11 Å². The van der Waals surface area contributed by atoms with Gasteiger partial charge in [-0.3, -0.25) is 10.1 Å². The van der Waals surface area contributed by atoms with Crippen molar-refractivity contribution in [1.82, 2.24) is 10.2 Å². The van der Waals surface area contributed by atoms with Crippen LogP contribution in [-0.4, -0.2) is 36.0 Å². The van der Waals surface area contributed by atoms with Gasteiger partial charge in [0, 0.05) is 13.7 Å². The number of carbonyl (C=O) groups excluding carboxylic acids is 1. The van der Waals surface area contributed by atoms with Crippen LogP contribution in [0, 0.1) is 26.7 Å². The van der Waals surface area contributed by atoms with Gasteiger partial charge in [-0.15, -0.1) is 0 Å². The maximum atomic E-state index is 12.5. The smallest absolute Gasteiger partial charge is 0.234 e. The van der Waals surface area contributed by atoms with Gasteiger partial charge in [0.1, 0.15) is 0 Å². The highest BCUT2D eigenvalue weighted by molar-refractivity contribution is 7.07. The first-order chi connectivity index (χ1) is 12.5. The molecule has 5 nitrogen and oxygen atoms in total. The van der Waals surface area contributed by atoms with Crippen molar-refractivity contribution >= 4 is 28.9 Å². The van der Waals surface area contributed by atoms with E-state index in [0.29, 0.717) is 12.5 Å². The van der Waals surface area contributed by atoms with Crippen molar-refractivity contribution in [3.8, 4) is 0 Å². The molecule has 6 heteroatoms. The zero-order valence-corrected chi connectivity index (χ0v) is 16.3. The molecule has 2 heterocycles. The zero-order valence-electron chi connectivity index (χ0n) is 15.4. The molecule has 3 atom stereocenters. The molecule has 136 valence electrons. The van der Waals surface area contributed by atoms with E-state index in [1.54, 1.807) is 18.4 Å². The molecule has 0 bridgehead atoms. The number of aliphatic imine (C=N–C) groups is 1. The molecule has 4 rings (SSSR count). The Morgan fingerprint density at radius 2 is 2.00 bits per heavy atom. The molecule has 0 spiro atoms. The van der Waals surface area contributed by atoms with Gasteiger partial charge in [0.2, 0.25) is 11.9 Å². The number of fused-ring (bicyclic) bond motifs is 1. The number of rotatable bonds is 4. The molecule has 2 fully saturated rings. The highest BCUT2D eigenvalue weighted by Gasteiger charge is 2.62. The van der Waals surface area contributed by atoms with Gasteiger partial charge in [0.25, 0.3) is 0 Å². The Kier molecular flexibility index (Phi) is 4.32. The van der Waals surface area contributed by atoms with Crippen molar-refractivity contribution in [2.24, 2.45) is 10.9 Å². The standard InChI is InChI=1S/C20H23N3O2S/c1-11-7-13(3)15(8-12(11)2)21-20-22-19(24)16-17(18(16)25-4)23(20)9-14-5-6-26-10-14/h5-8,10,16-18H,9H2,1-4H3,(H,21,22,24). The third-order valence-corrected chi connectivity index (χ3v) is 6.06. The second-order valence-electron chi connectivity index (χ2n) is 7.12. The Hall–Kier alpha value is -2.18. The van der Waals surface area contributed by atoms with Crippen LogP contribution in [0.5, 0.6) is 0 Å². The fourth-order valence-electron chi connectivity index (χ4n) is 3.67. The van der Waals surface area contributed by atoms with Crippen LogP contribution >= 0.6 is 11.3 Å². The molecular formula is C20H23N3O2S. The fraction of sp³-hybridized carbons (Fsp3) is 0.400. The van der Waals surface area contributed by atoms with E-state index in [1.807, 2.05) is 0 Å². The Labute approximate surface area is 157 Å². The van der Waals surface area contributed by atoms with Gasteiger partial charge < -0.3 is 9.64 Å². The van der Waals surface area contributed by atoms with E-state index < -0.39 is 0 Å². The van der Waals surface area contributed by atoms with Crippen LogP contribution in [0.4, 0.5) is 5.69 Å². The summed E-state index contributed by atoms with van der Waals surface area (Å²) >= 11 is 1.68. The van der Waals surface area contributed by atoms with E-state index >= 15 is 0 Å². The van der Waals surface area contributed by atoms with Crippen LogP contribution < -0.4 is 5.32 Å². The lowest BCUT2D eigenvalue weighted by atomic mass is 10.1. The number of hydrogen-bond donors (Lipinski definition) is 1. The van der Waals surface area contributed by atoms with E-state index in [-0.39, 0.29) is 24.0 Å². The van der Waals surface area contributed by atoms with Gasteiger partial charge in [-0.05, 0) is 65.9 Å². The van der Waals surface area contributed by atoms with Crippen molar-refractivity contribution in [3.63, 3.8) is 0 Å². The molecule has 3 unspecified atom stereocenters. The average molecular weight is 369 g/mol. The zero-order chi connectivity index (χ0) is 18.4. The summed E-state index contributed by atoms with van der Waals surface area (Å²) in [6.07, 6.45) is -0.0674. The summed E-state index contributed by atoms with van der Waals surface area (Å²) in [7, 11) is 1.67. The molecule has 1 aromatic heterocycles. The third kappa shape index (κ3) is 2.93.